The van der Waals surface area contributed by atoms with Gasteiger partial charge in [0.2, 0.25) is 0 Å². The zero-order valence-electron chi connectivity index (χ0n) is 13.2. The van der Waals surface area contributed by atoms with Crippen molar-refractivity contribution in [2.24, 2.45) is 0 Å². The summed E-state index contributed by atoms with van der Waals surface area (Å²) in [7, 11) is -1.36. The summed E-state index contributed by atoms with van der Waals surface area (Å²) in [5.41, 5.74) is 6.63. The lowest BCUT2D eigenvalue weighted by atomic mass is 10.0. The molecule has 0 atom stereocenters. The summed E-state index contributed by atoms with van der Waals surface area (Å²) in [6, 6.07) is 18.8. The van der Waals surface area contributed by atoms with E-state index < -0.39 is 8.07 Å². The fourth-order valence-electron chi connectivity index (χ4n) is 2.35. The van der Waals surface area contributed by atoms with E-state index in [2.05, 4.69) is 84.6 Å². The summed E-state index contributed by atoms with van der Waals surface area (Å²) in [6.07, 6.45) is 1.87. The van der Waals surface area contributed by atoms with Gasteiger partial charge in [0.1, 0.15) is 8.07 Å². The quantitative estimate of drug-likeness (QED) is 0.448. The number of nitrogens with zero attached hydrogens (tertiary/aromatic N) is 1. The van der Waals surface area contributed by atoms with Crippen molar-refractivity contribution in [3.05, 3.63) is 66.4 Å². The van der Waals surface area contributed by atoms with Gasteiger partial charge in [0, 0.05) is 22.7 Å². The van der Waals surface area contributed by atoms with E-state index in [4.69, 9.17) is 0 Å². The number of hydrogen-bond acceptors (Lipinski definition) is 1. The predicted molar refractivity (Wildman–Crippen MR) is 97.4 cm³/mol. The molecular weight excluding hydrogens is 282 g/mol. The first-order valence-corrected chi connectivity index (χ1v) is 11.0. The van der Waals surface area contributed by atoms with Gasteiger partial charge < -0.3 is 0 Å². The molecule has 108 valence electrons. The summed E-state index contributed by atoms with van der Waals surface area (Å²) >= 11 is 0. The second kappa shape index (κ2) is 5.79. The van der Waals surface area contributed by atoms with Crippen LogP contribution >= 0.6 is 0 Å². The summed E-state index contributed by atoms with van der Waals surface area (Å²) < 4.78 is 0. The van der Waals surface area contributed by atoms with E-state index in [-0.39, 0.29) is 0 Å². The van der Waals surface area contributed by atoms with Crippen molar-refractivity contribution in [3.63, 3.8) is 0 Å². The summed E-state index contributed by atoms with van der Waals surface area (Å²) in [4.78, 5) is 4.59. The Bertz CT molecular complexity index is 874. The van der Waals surface area contributed by atoms with Crippen LogP contribution in [0.4, 0.5) is 0 Å². The molecule has 22 heavy (non-hydrogen) atoms. The van der Waals surface area contributed by atoms with E-state index >= 15 is 0 Å². The fraction of sp³-hybridized carbons (Fsp3) is 0.150. The largest absolute Gasteiger partial charge is 0.256 e. The first-order chi connectivity index (χ1) is 10.5. The van der Waals surface area contributed by atoms with Crippen molar-refractivity contribution in [2.75, 3.05) is 0 Å². The molecule has 1 heterocycles. The van der Waals surface area contributed by atoms with E-state index in [1.54, 1.807) is 0 Å². The summed E-state index contributed by atoms with van der Waals surface area (Å²) in [5.74, 6) is 3.33. The van der Waals surface area contributed by atoms with E-state index in [9.17, 15) is 0 Å². The van der Waals surface area contributed by atoms with Crippen molar-refractivity contribution in [2.45, 2.75) is 19.6 Å². The predicted octanol–water partition coefficient (Wildman–Crippen LogP) is 5.13. The molecule has 0 spiro atoms. The first kappa shape index (κ1) is 14.6. The molecule has 0 fully saturated rings. The van der Waals surface area contributed by atoms with Crippen LogP contribution in [0.1, 0.15) is 5.56 Å². The smallest absolute Gasteiger partial charge is 0.129 e. The minimum atomic E-state index is -1.36. The minimum absolute atomic E-state index is 1.02. The van der Waals surface area contributed by atoms with Gasteiger partial charge in [-0.15, -0.1) is 5.54 Å². The molecule has 1 aromatic heterocycles. The first-order valence-electron chi connectivity index (χ1n) is 7.50. The number of rotatable bonds is 1. The van der Waals surface area contributed by atoms with Crippen molar-refractivity contribution in [1.29, 1.82) is 0 Å². The van der Waals surface area contributed by atoms with Crippen LogP contribution in [-0.4, -0.2) is 13.1 Å². The highest BCUT2D eigenvalue weighted by molar-refractivity contribution is 6.83. The third kappa shape index (κ3) is 3.27. The molecule has 0 aliphatic carbocycles. The maximum Gasteiger partial charge on any atom is 0.129 e. The molecule has 0 N–H and O–H groups in total. The van der Waals surface area contributed by atoms with Crippen LogP contribution in [0.15, 0.2) is 60.8 Å². The monoisotopic (exact) mass is 301 g/mol. The molecule has 0 saturated heterocycles. The van der Waals surface area contributed by atoms with Crippen LogP contribution in [0, 0.1) is 11.5 Å². The van der Waals surface area contributed by atoms with Crippen molar-refractivity contribution < 1.29 is 0 Å². The topological polar surface area (TPSA) is 12.9 Å². The third-order valence-electron chi connectivity index (χ3n) is 3.39. The molecule has 3 rings (SSSR count). The summed E-state index contributed by atoms with van der Waals surface area (Å²) in [6.45, 7) is 6.78. The number of pyridine rings is 1. The van der Waals surface area contributed by atoms with Gasteiger partial charge in [-0.1, -0.05) is 62.0 Å². The van der Waals surface area contributed by atoms with Crippen LogP contribution in [0.2, 0.25) is 19.6 Å². The average Bonchev–Trinajstić information content (AvgIpc) is 2.52. The van der Waals surface area contributed by atoms with Crippen LogP contribution in [0.25, 0.3) is 22.0 Å². The highest BCUT2D eigenvalue weighted by Gasteiger charge is 2.08. The molecule has 0 radical (unpaired) electrons. The molecule has 0 unspecified atom stereocenters. The van der Waals surface area contributed by atoms with Crippen molar-refractivity contribution >= 4 is 18.8 Å². The Morgan fingerprint density at radius 1 is 0.909 bits per heavy atom. The van der Waals surface area contributed by atoms with Crippen molar-refractivity contribution in [3.8, 4) is 22.7 Å². The van der Waals surface area contributed by atoms with E-state index in [0.717, 1.165) is 16.8 Å². The second-order valence-electron chi connectivity index (χ2n) is 6.46. The minimum Gasteiger partial charge on any atom is -0.256 e. The van der Waals surface area contributed by atoms with Gasteiger partial charge in [-0.2, -0.15) is 0 Å². The van der Waals surface area contributed by atoms with Crippen LogP contribution < -0.4 is 0 Å². The molecule has 2 aromatic carbocycles. The number of benzene rings is 2. The van der Waals surface area contributed by atoms with E-state index in [0.29, 0.717) is 0 Å². The second-order valence-corrected chi connectivity index (χ2v) is 11.2. The molecular formula is C20H19NSi. The van der Waals surface area contributed by atoms with Gasteiger partial charge in [-0.05, 0) is 23.6 Å². The Hall–Kier alpha value is -2.37. The molecule has 0 bridgehead atoms. The standard InChI is InChI=1S/C20H19NSi/c1-22(2,3)14-12-16-7-6-9-18(15-16)20-19-10-5-4-8-17(19)11-13-21-20/h4-11,13,15H,1-3H3. The molecule has 1 nitrogen and oxygen atoms in total. The molecule has 0 amide bonds. The van der Waals surface area contributed by atoms with E-state index in [1.807, 2.05) is 12.3 Å². The Morgan fingerprint density at radius 3 is 2.55 bits per heavy atom. The Kier molecular flexibility index (Phi) is 3.83. The van der Waals surface area contributed by atoms with Gasteiger partial charge in [-0.3, -0.25) is 4.98 Å². The highest BCUT2D eigenvalue weighted by Crippen LogP contribution is 2.26. The molecule has 0 aliphatic rings. The maximum atomic E-state index is 4.59. The van der Waals surface area contributed by atoms with Crippen LogP contribution in [0.3, 0.4) is 0 Å². The lowest BCUT2D eigenvalue weighted by Gasteiger charge is -2.07. The molecule has 3 aromatic rings. The van der Waals surface area contributed by atoms with Crippen molar-refractivity contribution in [1.82, 2.24) is 4.98 Å². The van der Waals surface area contributed by atoms with E-state index in [1.165, 1.54) is 10.8 Å². The SMILES string of the molecule is C[Si](C)(C)C#Cc1cccc(-c2nccc3ccccc23)c1. The number of fused-ring (bicyclic) bond motifs is 1. The average molecular weight is 301 g/mol. The summed E-state index contributed by atoms with van der Waals surface area (Å²) in [5, 5.41) is 2.39. The number of aromatic nitrogens is 1. The Labute approximate surface area is 133 Å². The van der Waals surface area contributed by atoms with Gasteiger partial charge >= 0.3 is 0 Å². The maximum absolute atomic E-state index is 4.59. The third-order valence-corrected chi connectivity index (χ3v) is 4.27. The normalized spacial score (nSPS) is 11.0. The number of hydrogen-bond donors (Lipinski definition) is 0. The Balaban J connectivity index is 2.10. The van der Waals surface area contributed by atoms with Crippen LogP contribution in [0.5, 0.6) is 0 Å². The Morgan fingerprint density at radius 2 is 1.73 bits per heavy atom. The molecule has 0 aliphatic heterocycles. The molecule has 2 heteroatoms. The van der Waals surface area contributed by atoms with Gasteiger partial charge in [0.25, 0.3) is 0 Å². The van der Waals surface area contributed by atoms with Gasteiger partial charge in [0.05, 0.1) is 5.69 Å². The fourth-order valence-corrected chi connectivity index (χ4v) is 2.87. The zero-order valence-corrected chi connectivity index (χ0v) is 14.2. The lowest BCUT2D eigenvalue weighted by Crippen LogP contribution is -2.16. The lowest BCUT2D eigenvalue weighted by molar-refractivity contribution is 1.36. The zero-order chi connectivity index (χ0) is 15.6. The molecule has 0 saturated carbocycles. The highest BCUT2D eigenvalue weighted by atomic mass is 28.3. The van der Waals surface area contributed by atoms with Gasteiger partial charge in [-0.25, -0.2) is 0 Å². The van der Waals surface area contributed by atoms with Crippen LogP contribution in [-0.2, 0) is 0 Å². The van der Waals surface area contributed by atoms with Gasteiger partial charge in [0.15, 0.2) is 0 Å².